The quantitative estimate of drug-likeness (QED) is 0.310. The molecule has 37 heavy (non-hydrogen) atoms. The first-order chi connectivity index (χ1) is 17.8. The molecule has 0 spiro atoms. The largest absolute Gasteiger partial charge is 0.376 e. The Morgan fingerprint density at radius 3 is 2.43 bits per heavy atom. The first kappa shape index (κ1) is 23.8. The van der Waals surface area contributed by atoms with Crippen molar-refractivity contribution in [2.45, 2.75) is 64.4 Å². The van der Waals surface area contributed by atoms with Crippen molar-refractivity contribution in [3.8, 4) is 11.1 Å². The van der Waals surface area contributed by atoms with Crippen LogP contribution in [-0.4, -0.2) is 21.0 Å². The minimum Gasteiger partial charge on any atom is -0.376 e. The predicted molar refractivity (Wildman–Crippen MR) is 146 cm³/mol. The standard InChI is InChI=1S/C32H33N3O2/c1-5-31(4)18-28(22-13-14-22)34-27-17-23(29-20(2)35-37-21(29)3)16-26(30(27)31)32(36,24-10-7-6-8-11-24)25-12-9-15-33-19-25/h6-12,15-17,19,22,36H,5,13-14,18H2,1-4H3. The summed E-state index contributed by atoms with van der Waals surface area (Å²) in [6, 6.07) is 18.1. The zero-order chi connectivity index (χ0) is 25.8. The molecule has 1 N–H and O–H groups in total. The molecule has 5 nitrogen and oxygen atoms in total. The summed E-state index contributed by atoms with van der Waals surface area (Å²) in [4.78, 5) is 9.68. The van der Waals surface area contributed by atoms with Crippen molar-refractivity contribution in [2.24, 2.45) is 10.9 Å². The molecule has 0 saturated heterocycles. The molecular weight excluding hydrogens is 458 g/mol. The summed E-state index contributed by atoms with van der Waals surface area (Å²) in [7, 11) is 0. The molecule has 2 unspecified atom stereocenters. The molecule has 3 heterocycles. The van der Waals surface area contributed by atoms with Crippen LogP contribution in [0.15, 0.2) is 76.5 Å². The number of hydrogen-bond donors (Lipinski definition) is 1. The highest BCUT2D eigenvalue weighted by Gasteiger charge is 2.45. The van der Waals surface area contributed by atoms with Gasteiger partial charge in [0.25, 0.3) is 0 Å². The molecule has 1 fully saturated rings. The fourth-order valence-corrected chi connectivity index (χ4v) is 6.04. The number of hydrogen-bond acceptors (Lipinski definition) is 5. The van der Waals surface area contributed by atoms with Crippen molar-refractivity contribution >= 4 is 11.4 Å². The summed E-state index contributed by atoms with van der Waals surface area (Å²) in [5.41, 5.74) is 6.91. The van der Waals surface area contributed by atoms with Crippen LogP contribution >= 0.6 is 0 Å². The summed E-state index contributed by atoms with van der Waals surface area (Å²) in [5.74, 6) is 1.34. The minimum atomic E-state index is -1.42. The van der Waals surface area contributed by atoms with E-state index in [1.807, 2.05) is 56.3 Å². The Morgan fingerprint density at radius 2 is 1.81 bits per heavy atom. The molecule has 5 heteroatoms. The van der Waals surface area contributed by atoms with E-state index in [0.717, 1.165) is 63.4 Å². The molecular formula is C32H33N3O2. The van der Waals surface area contributed by atoms with E-state index in [4.69, 9.17) is 9.52 Å². The zero-order valence-electron chi connectivity index (χ0n) is 22.0. The molecule has 4 aromatic rings. The average molecular weight is 492 g/mol. The summed E-state index contributed by atoms with van der Waals surface area (Å²) in [6.07, 6.45) is 7.81. The SMILES string of the molecule is CCC1(C)CC(C2CC2)=Nc2cc(-c3c(C)noc3C)cc(C(O)(c3ccccc3)c3cccnc3)c21. The van der Waals surface area contributed by atoms with Crippen molar-refractivity contribution in [2.75, 3.05) is 0 Å². The Hall–Kier alpha value is -3.57. The molecule has 1 saturated carbocycles. The maximum atomic E-state index is 12.9. The van der Waals surface area contributed by atoms with Gasteiger partial charge in [-0.1, -0.05) is 55.4 Å². The third-order valence-corrected chi connectivity index (χ3v) is 8.37. The number of aliphatic imine (C=N–C) groups is 1. The lowest BCUT2D eigenvalue weighted by Crippen LogP contribution is -2.37. The van der Waals surface area contributed by atoms with Gasteiger partial charge in [0, 0.05) is 29.2 Å². The van der Waals surface area contributed by atoms with Gasteiger partial charge in [0.15, 0.2) is 0 Å². The fourth-order valence-electron chi connectivity index (χ4n) is 6.04. The Morgan fingerprint density at radius 1 is 1.05 bits per heavy atom. The highest BCUT2D eigenvalue weighted by Crippen LogP contribution is 2.53. The van der Waals surface area contributed by atoms with Crippen molar-refractivity contribution in [1.29, 1.82) is 0 Å². The number of aryl methyl sites for hydroxylation is 2. The van der Waals surface area contributed by atoms with Crippen LogP contribution in [0, 0.1) is 19.8 Å². The predicted octanol–water partition coefficient (Wildman–Crippen LogP) is 7.19. The van der Waals surface area contributed by atoms with Crippen LogP contribution in [0.4, 0.5) is 5.69 Å². The van der Waals surface area contributed by atoms with Crippen LogP contribution in [0.5, 0.6) is 0 Å². The Kier molecular flexibility index (Phi) is 5.64. The van der Waals surface area contributed by atoms with Crippen LogP contribution < -0.4 is 0 Å². The monoisotopic (exact) mass is 491 g/mol. The van der Waals surface area contributed by atoms with Gasteiger partial charge < -0.3 is 9.63 Å². The van der Waals surface area contributed by atoms with Gasteiger partial charge in [-0.3, -0.25) is 9.98 Å². The summed E-state index contributed by atoms with van der Waals surface area (Å²) in [5, 5.41) is 17.2. The van der Waals surface area contributed by atoms with Crippen LogP contribution in [0.25, 0.3) is 11.1 Å². The topological polar surface area (TPSA) is 71.5 Å². The van der Waals surface area contributed by atoms with E-state index in [9.17, 15) is 5.11 Å². The van der Waals surface area contributed by atoms with Crippen molar-refractivity contribution < 1.29 is 9.63 Å². The van der Waals surface area contributed by atoms with E-state index < -0.39 is 5.60 Å². The smallest absolute Gasteiger partial charge is 0.142 e. The van der Waals surface area contributed by atoms with Crippen LogP contribution in [0.3, 0.4) is 0 Å². The van der Waals surface area contributed by atoms with E-state index in [2.05, 4.69) is 36.1 Å². The zero-order valence-corrected chi connectivity index (χ0v) is 22.0. The average Bonchev–Trinajstić information content (AvgIpc) is 3.72. The van der Waals surface area contributed by atoms with Crippen LogP contribution in [0.1, 0.15) is 73.2 Å². The molecule has 2 aromatic heterocycles. The van der Waals surface area contributed by atoms with Crippen molar-refractivity contribution in [1.82, 2.24) is 10.1 Å². The van der Waals surface area contributed by atoms with Gasteiger partial charge in [0.2, 0.25) is 0 Å². The van der Waals surface area contributed by atoms with E-state index in [0.29, 0.717) is 5.92 Å². The molecule has 0 radical (unpaired) electrons. The molecule has 2 atom stereocenters. The summed E-state index contributed by atoms with van der Waals surface area (Å²) < 4.78 is 5.56. The number of rotatable bonds is 6. The second kappa shape index (κ2) is 8.77. The first-order valence-corrected chi connectivity index (χ1v) is 13.2. The lowest BCUT2D eigenvalue weighted by Gasteiger charge is -2.41. The van der Waals surface area contributed by atoms with Gasteiger partial charge in [-0.15, -0.1) is 0 Å². The number of fused-ring (bicyclic) bond motifs is 1. The highest BCUT2D eigenvalue weighted by molar-refractivity contribution is 5.95. The van der Waals surface area contributed by atoms with Crippen LogP contribution in [-0.2, 0) is 11.0 Å². The summed E-state index contributed by atoms with van der Waals surface area (Å²) >= 11 is 0. The Labute approximate surface area is 218 Å². The second-order valence-corrected chi connectivity index (χ2v) is 10.9. The molecule has 1 aliphatic heterocycles. The molecule has 0 amide bonds. The van der Waals surface area contributed by atoms with Gasteiger partial charge in [0.1, 0.15) is 11.4 Å². The number of aliphatic hydroxyl groups is 1. The van der Waals surface area contributed by atoms with Crippen molar-refractivity contribution in [3.63, 3.8) is 0 Å². The van der Waals surface area contributed by atoms with Gasteiger partial charge in [-0.05, 0) is 91.3 Å². The van der Waals surface area contributed by atoms with E-state index in [1.54, 1.807) is 12.4 Å². The number of aromatic nitrogens is 2. The molecule has 2 aromatic carbocycles. The highest BCUT2D eigenvalue weighted by atomic mass is 16.5. The van der Waals surface area contributed by atoms with Gasteiger partial charge >= 0.3 is 0 Å². The molecule has 1 aliphatic carbocycles. The maximum Gasteiger partial charge on any atom is 0.142 e. The lowest BCUT2D eigenvalue weighted by atomic mass is 9.66. The van der Waals surface area contributed by atoms with Crippen LogP contribution in [0.2, 0.25) is 0 Å². The van der Waals surface area contributed by atoms with Gasteiger partial charge in [-0.25, -0.2) is 0 Å². The number of benzene rings is 2. The van der Waals surface area contributed by atoms with Crippen molar-refractivity contribution in [3.05, 3.63) is 101 Å². The van der Waals surface area contributed by atoms with E-state index in [-0.39, 0.29) is 5.41 Å². The third-order valence-electron chi connectivity index (χ3n) is 8.37. The lowest BCUT2D eigenvalue weighted by molar-refractivity contribution is 0.122. The fraction of sp³-hybridized carbons (Fsp3) is 0.344. The molecule has 0 bridgehead atoms. The maximum absolute atomic E-state index is 12.9. The number of nitrogens with zero attached hydrogens (tertiary/aromatic N) is 3. The van der Waals surface area contributed by atoms with E-state index >= 15 is 0 Å². The normalized spacial score (nSPS) is 20.7. The third kappa shape index (κ3) is 3.84. The van der Waals surface area contributed by atoms with Gasteiger partial charge in [0.05, 0.1) is 11.4 Å². The minimum absolute atomic E-state index is 0.160. The molecule has 6 rings (SSSR count). The summed E-state index contributed by atoms with van der Waals surface area (Å²) in [6.45, 7) is 8.48. The number of pyridine rings is 1. The van der Waals surface area contributed by atoms with E-state index in [1.165, 1.54) is 18.6 Å². The Balaban J connectivity index is 1.73. The second-order valence-electron chi connectivity index (χ2n) is 10.9. The molecule has 2 aliphatic rings. The van der Waals surface area contributed by atoms with Gasteiger partial charge in [-0.2, -0.15) is 0 Å². The molecule has 188 valence electrons. The Bertz CT molecular complexity index is 1430. The first-order valence-electron chi connectivity index (χ1n) is 13.2.